The van der Waals surface area contributed by atoms with Crippen molar-refractivity contribution in [2.45, 2.75) is 32.4 Å². The van der Waals surface area contributed by atoms with Crippen molar-refractivity contribution in [3.05, 3.63) is 24.3 Å². The molecule has 1 unspecified atom stereocenters. The molecule has 0 spiro atoms. The second-order valence-electron chi connectivity index (χ2n) is 5.64. The summed E-state index contributed by atoms with van der Waals surface area (Å²) in [6.45, 7) is 9.01. The molecule has 0 radical (unpaired) electrons. The first-order valence-corrected chi connectivity index (χ1v) is 6.89. The molecule has 1 fully saturated rings. The molecule has 0 bridgehead atoms. The number of morpholine rings is 1. The van der Waals surface area contributed by atoms with E-state index in [1.54, 1.807) is 0 Å². The van der Waals surface area contributed by atoms with E-state index in [9.17, 15) is 5.11 Å². The molecule has 1 aromatic carbocycles. The van der Waals surface area contributed by atoms with Crippen LogP contribution in [0, 0.1) is 0 Å². The molecular formula is C15H24N2O2. The Kier molecular flexibility index (Phi) is 4.32. The number of benzene rings is 1. The highest BCUT2D eigenvalue weighted by Crippen LogP contribution is 2.28. The number of hydrogen-bond acceptors (Lipinski definition) is 4. The van der Waals surface area contributed by atoms with Gasteiger partial charge in [0.25, 0.3) is 0 Å². The van der Waals surface area contributed by atoms with Gasteiger partial charge in [0.2, 0.25) is 0 Å². The third kappa shape index (κ3) is 3.61. The Hall–Kier alpha value is -1.26. The van der Waals surface area contributed by atoms with Gasteiger partial charge in [-0.15, -0.1) is 0 Å². The van der Waals surface area contributed by atoms with Crippen molar-refractivity contribution < 1.29 is 9.84 Å². The first kappa shape index (κ1) is 14.2. The van der Waals surface area contributed by atoms with E-state index in [1.807, 2.05) is 32.9 Å². The molecule has 4 nitrogen and oxygen atoms in total. The van der Waals surface area contributed by atoms with E-state index in [0.717, 1.165) is 32.0 Å². The number of nitrogens with one attached hydrogen (secondary N) is 1. The summed E-state index contributed by atoms with van der Waals surface area (Å²) in [6.07, 6.45) is 0. The standard InChI is InChI=1S/C15H24N2O2/c1-12(15(2,3)18)16-13-6-4-5-7-14(13)17-8-10-19-11-9-17/h4-7,12,16,18H,8-11H2,1-3H3. The van der Waals surface area contributed by atoms with Crippen LogP contribution in [0.3, 0.4) is 0 Å². The smallest absolute Gasteiger partial charge is 0.0789 e. The van der Waals surface area contributed by atoms with Crippen molar-refractivity contribution in [2.75, 3.05) is 36.5 Å². The topological polar surface area (TPSA) is 44.7 Å². The predicted octanol–water partition coefficient (Wildman–Crippen LogP) is 2.09. The first-order chi connectivity index (χ1) is 8.98. The van der Waals surface area contributed by atoms with Gasteiger partial charge in [-0.25, -0.2) is 0 Å². The van der Waals surface area contributed by atoms with Crippen LogP contribution in [0.4, 0.5) is 11.4 Å². The lowest BCUT2D eigenvalue weighted by Gasteiger charge is -2.33. The van der Waals surface area contributed by atoms with Gasteiger partial charge in [-0.2, -0.15) is 0 Å². The zero-order chi connectivity index (χ0) is 13.9. The Balaban J connectivity index is 2.16. The zero-order valence-corrected chi connectivity index (χ0v) is 12.0. The van der Waals surface area contributed by atoms with E-state index in [-0.39, 0.29) is 6.04 Å². The number of ether oxygens (including phenoxy) is 1. The van der Waals surface area contributed by atoms with Crippen molar-refractivity contribution in [3.63, 3.8) is 0 Å². The monoisotopic (exact) mass is 264 g/mol. The van der Waals surface area contributed by atoms with Crippen molar-refractivity contribution in [1.29, 1.82) is 0 Å². The molecule has 0 aromatic heterocycles. The van der Waals surface area contributed by atoms with Gasteiger partial charge in [0.05, 0.1) is 36.2 Å². The molecule has 106 valence electrons. The van der Waals surface area contributed by atoms with E-state index in [4.69, 9.17) is 4.74 Å². The maximum Gasteiger partial charge on any atom is 0.0789 e. The van der Waals surface area contributed by atoms with Crippen LogP contribution >= 0.6 is 0 Å². The van der Waals surface area contributed by atoms with Crippen molar-refractivity contribution in [1.82, 2.24) is 0 Å². The number of hydrogen-bond donors (Lipinski definition) is 2. The van der Waals surface area contributed by atoms with Crippen LogP contribution in [0.2, 0.25) is 0 Å². The number of nitrogens with zero attached hydrogens (tertiary/aromatic N) is 1. The van der Waals surface area contributed by atoms with Crippen LogP contribution in [0.25, 0.3) is 0 Å². The SMILES string of the molecule is CC(Nc1ccccc1N1CCOCC1)C(C)(C)O. The van der Waals surface area contributed by atoms with Crippen LogP contribution < -0.4 is 10.2 Å². The highest BCUT2D eigenvalue weighted by Gasteiger charge is 2.23. The maximum atomic E-state index is 10.1. The number of rotatable bonds is 4. The summed E-state index contributed by atoms with van der Waals surface area (Å²) in [5.74, 6) is 0. The molecule has 4 heteroatoms. The predicted molar refractivity (Wildman–Crippen MR) is 78.9 cm³/mol. The number of aliphatic hydroxyl groups is 1. The second kappa shape index (κ2) is 5.80. The van der Waals surface area contributed by atoms with Gasteiger partial charge in [-0.05, 0) is 32.9 Å². The Morgan fingerprint density at radius 3 is 2.53 bits per heavy atom. The Morgan fingerprint density at radius 2 is 1.89 bits per heavy atom. The first-order valence-electron chi connectivity index (χ1n) is 6.89. The molecule has 0 aliphatic carbocycles. The number of anilines is 2. The second-order valence-corrected chi connectivity index (χ2v) is 5.64. The third-order valence-corrected chi connectivity index (χ3v) is 3.69. The molecule has 1 aliphatic heterocycles. The maximum absolute atomic E-state index is 10.1. The fourth-order valence-corrected chi connectivity index (χ4v) is 2.09. The molecule has 1 heterocycles. The highest BCUT2D eigenvalue weighted by atomic mass is 16.5. The molecular weight excluding hydrogens is 240 g/mol. The van der Waals surface area contributed by atoms with Gasteiger partial charge >= 0.3 is 0 Å². The van der Waals surface area contributed by atoms with Crippen LogP contribution in [-0.4, -0.2) is 43.1 Å². The summed E-state index contributed by atoms with van der Waals surface area (Å²) in [4.78, 5) is 2.32. The summed E-state index contributed by atoms with van der Waals surface area (Å²) in [5, 5.41) is 13.5. The van der Waals surface area contributed by atoms with E-state index < -0.39 is 5.60 Å². The van der Waals surface area contributed by atoms with Gasteiger partial charge in [0.15, 0.2) is 0 Å². The van der Waals surface area contributed by atoms with Crippen LogP contribution in [0.15, 0.2) is 24.3 Å². The summed E-state index contributed by atoms with van der Waals surface area (Å²) in [7, 11) is 0. The van der Waals surface area contributed by atoms with E-state index in [0.29, 0.717) is 0 Å². The average Bonchev–Trinajstić information content (AvgIpc) is 2.39. The Morgan fingerprint density at radius 1 is 1.26 bits per heavy atom. The number of para-hydroxylation sites is 2. The van der Waals surface area contributed by atoms with E-state index >= 15 is 0 Å². The molecule has 1 aliphatic rings. The Labute approximate surface area is 115 Å². The lowest BCUT2D eigenvalue weighted by molar-refractivity contribution is 0.0649. The lowest BCUT2D eigenvalue weighted by atomic mass is 10.0. The van der Waals surface area contributed by atoms with Gasteiger partial charge in [-0.3, -0.25) is 0 Å². The van der Waals surface area contributed by atoms with Crippen LogP contribution in [0.1, 0.15) is 20.8 Å². The summed E-state index contributed by atoms with van der Waals surface area (Å²) < 4.78 is 5.39. The third-order valence-electron chi connectivity index (χ3n) is 3.69. The summed E-state index contributed by atoms with van der Waals surface area (Å²) in [6, 6.07) is 8.22. The minimum absolute atomic E-state index is 0.0188. The quantitative estimate of drug-likeness (QED) is 0.874. The van der Waals surface area contributed by atoms with Crippen molar-refractivity contribution in [2.24, 2.45) is 0 Å². The van der Waals surface area contributed by atoms with E-state index in [2.05, 4.69) is 22.3 Å². The molecule has 1 saturated heterocycles. The molecule has 0 saturated carbocycles. The minimum atomic E-state index is -0.752. The minimum Gasteiger partial charge on any atom is -0.388 e. The largest absolute Gasteiger partial charge is 0.388 e. The van der Waals surface area contributed by atoms with Crippen LogP contribution in [0.5, 0.6) is 0 Å². The van der Waals surface area contributed by atoms with Gasteiger partial charge < -0.3 is 20.1 Å². The normalized spacial score (nSPS) is 18.2. The fraction of sp³-hybridized carbons (Fsp3) is 0.600. The van der Waals surface area contributed by atoms with Gasteiger partial charge in [0.1, 0.15) is 0 Å². The van der Waals surface area contributed by atoms with Gasteiger partial charge in [0, 0.05) is 13.1 Å². The van der Waals surface area contributed by atoms with Gasteiger partial charge in [-0.1, -0.05) is 12.1 Å². The fourth-order valence-electron chi connectivity index (χ4n) is 2.09. The molecule has 2 N–H and O–H groups in total. The Bertz CT molecular complexity index is 409. The molecule has 1 aromatic rings. The lowest BCUT2D eigenvalue weighted by Crippen LogP contribution is -2.41. The summed E-state index contributed by atoms with van der Waals surface area (Å²) >= 11 is 0. The molecule has 0 amide bonds. The zero-order valence-electron chi connectivity index (χ0n) is 12.0. The van der Waals surface area contributed by atoms with Crippen molar-refractivity contribution in [3.8, 4) is 0 Å². The highest BCUT2D eigenvalue weighted by molar-refractivity contribution is 5.70. The molecule has 2 rings (SSSR count). The van der Waals surface area contributed by atoms with Crippen LogP contribution in [-0.2, 0) is 4.74 Å². The van der Waals surface area contributed by atoms with Crippen molar-refractivity contribution >= 4 is 11.4 Å². The average molecular weight is 264 g/mol. The molecule has 1 atom stereocenters. The summed E-state index contributed by atoms with van der Waals surface area (Å²) in [5.41, 5.74) is 1.50. The van der Waals surface area contributed by atoms with E-state index in [1.165, 1.54) is 5.69 Å². The molecule has 19 heavy (non-hydrogen) atoms.